The molecule has 0 saturated heterocycles. The van der Waals surface area contributed by atoms with Crippen molar-refractivity contribution in [3.8, 4) is 17.6 Å². The molecule has 0 spiro atoms. The second-order valence-corrected chi connectivity index (χ2v) is 7.25. The van der Waals surface area contributed by atoms with Crippen LogP contribution in [0, 0.1) is 21.6 Å². The number of nitrogens with zero attached hydrogens (tertiary/aromatic N) is 1. The van der Waals surface area contributed by atoms with Gasteiger partial charge in [0.15, 0.2) is 11.5 Å². The Morgan fingerprint density at radius 2 is 1.83 bits per heavy atom. The fraction of sp³-hybridized carbons (Fsp3) is 0.150. The van der Waals surface area contributed by atoms with Crippen LogP contribution in [0.15, 0.2) is 48.2 Å². The highest BCUT2D eigenvalue weighted by Crippen LogP contribution is 2.46. The van der Waals surface area contributed by atoms with Gasteiger partial charge >= 0.3 is 5.79 Å². The topological polar surface area (TPSA) is 130 Å². The summed E-state index contributed by atoms with van der Waals surface area (Å²) in [6.07, 6.45) is 4.53. The fourth-order valence-corrected chi connectivity index (χ4v) is 3.59. The van der Waals surface area contributed by atoms with E-state index < -0.39 is 16.0 Å². The zero-order chi connectivity index (χ0) is 20.6. The van der Waals surface area contributed by atoms with Crippen molar-refractivity contribution in [1.82, 2.24) is 0 Å². The Hall–Kier alpha value is -3.06. The van der Waals surface area contributed by atoms with Gasteiger partial charge in [-0.25, -0.2) is 0 Å². The molecular weight excluding hydrogens is 402 g/mol. The molecule has 0 aliphatic carbocycles. The average Bonchev–Trinajstić information content (AvgIpc) is 3.11. The predicted molar refractivity (Wildman–Crippen MR) is 90.3 cm³/mol. The van der Waals surface area contributed by atoms with E-state index in [1.807, 2.05) is 6.07 Å². The van der Waals surface area contributed by atoms with Crippen LogP contribution in [-0.4, -0.2) is 6.79 Å². The van der Waals surface area contributed by atoms with Crippen LogP contribution >= 0.6 is 0 Å². The molecule has 1 unspecified atom stereocenters. The molecule has 1 atom stereocenters. The van der Waals surface area contributed by atoms with Crippen LogP contribution in [0.3, 0.4) is 0 Å². The van der Waals surface area contributed by atoms with Gasteiger partial charge in [-0.15, -0.1) is 0 Å². The standard InChI is InChI=1S/C20H14ClNO7/c1-13-8-16-9-18-19(27-12-26-18)10-17(16)20(28-13,29-21(23,24)25)7-6-14-2-4-15(11-22)5-3-14/h2-10H,12H2,1H3. The average molecular weight is 416 g/mol. The lowest BCUT2D eigenvalue weighted by Gasteiger charge is -2.32. The van der Waals surface area contributed by atoms with E-state index in [-0.39, 0.29) is 12.4 Å². The lowest BCUT2D eigenvalue weighted by Crippen LogP contribution is -2.64. The van der Waals surface area contributed by atoms with Gasteiger partial charge in [0.25, 0.3) is 0 Å². The summed E-state index contributed by atoms with van der Waals surface area (Å²) in [5.74, 6) is -0.840. The number of hydrogen-bond acceptors (Lipinski definition) is 8. The first kappa shape index (κ1) is 19.3. The number of hydrogen-bond donors (Lipinski definition) is 0. The molecule has 0 aromatic heterocycles. The Balaban J connectivity index is 1.83. The first-order chi connectivity index (χ1) is 13.8. The SMILES string of the molecule is CC1=Cc2cc3c(cc2C(C=Cc2ccc(C#N)cc2)(O[Cl+3]([O-])([O-])[O-])O1)OCO3. The molecule has 0 amide bonds. The van der Waals surface area contributed by atoms with Gasteiger partial charge in [0.05, 0.1) is 33.2 Å². The van der Waals surface area contributed by atoms with Crippen molar-refractivity contribution in [3.63, 3.8) is 0 Å². The molecule has 2 heterocycles. The van der Waals surface area contributed by atoms with Gasteiger partial charge < -0.3 is 14.2 Å². The van der Waals surface area contributed by atoms with Crippen molar-refractivity contribution in [2.75, 3.05) is 6.79 Å². The Kier molecular flexibility index (Phi) is 4.70. The molecule has 9 heteroatoms. The highest BCUT2D eigenvalue weighted by molar-refractivity contribution is 5.66. The van der Waals surface area contributed by atoms with Crippen LogP contribution in [-0.2, 0) is 14.8 Å². The Labute approximate surface area is 168 Å². The highest BCUT2D eigenvalue weighted by Gasteiger charge is 2.52. The van der Waals surface area contributed by atoms with E-state index in [4.69, 9.17) is 23.8 Å². The third kappa shape index (κ3) is 3.91. The van der Waals surface area contributed by atoms with Gasteiger partial charge in [0.2, 0.25) is 6.79 Å². The first-order valence-corrected chi connectivity index (χ1v) is 9.64. The zero-order valence-corrected chi connectivity index (χ0v) is 15.8. The molecule has 0 radical (unpaired) electrons. The molecule has 148 valence electrons. The second kappa shape index (κ2) is 7.08. The third-order valence-corrected chi connectivity index (χ3v) is 4.75. The van der Waals surface area contributed by atoms with Crippen LogP contribution in [0.2, 0.25) is 0 Å². The van der Waals surface area contributed by atoms with E-state index >= 15 is 0 Å². The lowest BCUT2D eigenvalue weighted by molar-refractivity contribution is -1.92. The molecule has 2 aliphatic heterocycles. The summed E-state index contributed by atoms with van der Waals surface area (Å²) in [7, 11) is -4.84. The fourth-order valence-electron chi connectivity index (χ4n) is 3.14. The summed E-state index contributed by atoms with van der Waals surface area (Å²) >= 11 is 0. The zero-order valence-electron chi connectivity index (χ0n) is 15.1. The number of halogens is 1. The van der Waals surface area contributed by atoms with E-state index in [0.29, 0.717) is 33.9 Å². The van der Waals surface area contributed by atoms with E-state index in [1.54, 1.807) is 43.3 Å². The van der Waals surface area contributed by atoms with Gasteiger partial charge in [0, 0.05) is 6.08 Å². The minimum Gasteiger partial charge on any atom is -0.454 e. The summed E-state index contributed by atoms with van der Waals surface area (Å²) in [5, 5.41) is 8.91. The molecule has 2 aromatic carbocycles. The molecule has 0 N–H and O–H groups in total. The number of nitriles is 1. The maximum atomic E-state index is 11.5. The van der Waals surface area contributed by atoms with Crippen molar-refractivity contribution >= 4 is 12.2 Å². The molecule has 0 bridgehead atoms. The number of allylic oxidation sites excluding steroid dienone is 1. The number of benzene rings is 2. The molecule has 2 aliphatic rings. The van der Waals surface area contributed by atoms with E-state index in [1.165, 1.54) is 18.2 Å². The van der Waals surface area contributed by atoms with Gasteiger partial charge in [-0.2, -0.15) is 19.2 Å². The van der Waals surface area contributed by atoms with Crippen LogP contribution < -0.4 is 23.5 Å². The summed E-state index contributed by atoms with van der Waals surface area (Å²) in [5.41, 5.74) is 1.94. The maximum absolute atomic E-state index is 11.5. The minimum absolute atomic E-state index is 0.0226. The van der Waals surface area contributed by atoms with Crippen molar-refractivity contribution in [2.24, 2.45) is 0 Å². The first-order valence-electron chi connectivity index (χ1n) is 8.40. The molecule has 2 aromatic rings. The molecule has 0 fully saturated rings. The van der Waals surface area contributed by atoms with Crippen LogP contribution in [0.5, 0.6) is 11.5 Å². The smallest absolute Gasteiger partial charge is 0.408 e. The Morgan fingerprint density at radius 1 is 1.14 bits per heavy atom. The van der Waals surface area contributed by atoms with Crippen molar-refractivity contribution in [1.29, 1.82) is 5.26 Å². The van der Waals surface area contributed by atoms with Crippen molar-refractivity contribution < 1.29 is 42.7 Å². The normalized spacial score (nSPS) is 20.0. The van der Waals surface area contributed by atoms with Gasteiger partial charge in [-0.3, -0.25) is 0 Å². The van der Waals surface area contributed by atoms with E-state index in [2.05, 4.69) is 0 Å². The van der Waals surface area contributed by atoms with E-state index in [9.17, 15) is 14.0 Å². The van der Waals surface area contributed by atoms with Gasteiger partial charge in [0.1, 0.15) is 4.29 Å². The summed E-state index contributed by atoms with van der Waals surface area (Å²) in [6.45, 7) is 1.63. The van der Waals surface area contributed by atoms with Crippen molar-refractivity contribution in [3.05, 3.63) is 70.5 Å². The number of ether oxygens (including phenoxy) is 3. The van der Waals surface area contributed by atoms with Gasteiger partial charge in [-0.05, 0) is 48.4 Å². The summed E-state index contributed by atoms with van der Waals surface area (Å²) in [4.78, 5) is 0. The minimum atomic E-state index is -4.84. The number of fused-ring (bicyclic) bond motifs is 2. The Morgan fingerprint density at radius 3 is 2.48 bits per heavy atom. The maximum Gasteiger partial charge on any atom is 0.408 e. The van der Waals surface area contributed by atoms with Crippen LogP contribution in [0.4, 0.5) is 0 Å². The number of rotatable bonds is 4. The van der Waals surface area contributed by atoms with Crippen LogP contribution in [0.25, 0.3) is 12.2 Å². The highest BCUT2D eigenvalue weighted by atomic mass is 35.7. The van der Waals surface area contributed by atoms with Crippen LogP contribution in [0.1, 0.15) is 29.2 Å². The second-order valence-electron chi connectivity index (χ2n) is 6.34. The molecule has 0 saturated carbocycles. The molecule has 4 rings (SSSR count). The molecular formula is C20H14ClNO7. The lowest BCUT2D eigenvalue weighted by atomic mass is 9.94. The monoisotopic (exact) mass is 415 g/mol. The Bertz CT molecular complexity index is 1050. The third-order valence-electron chi connectivity index (χ3n) is 4.34. The predicted octanol–water partition coefficient (Wildman–Crippen LogP) is 0.458. The molecule has 8 nitrogen and oxygen atoms in total. The summed E-state index contributed by atoms with van der Waals surface area (Å²) in [6, 6.07) is 11.7. The molecule has 29 heavy (non-hydrogen) atoms. The van der Waals surface area contributed by atoms with E-state index in [0.717, 1.165) is 0 Å². The van der Waals surface area contributed by atoms with Gasteiger partial charge in [-0.1, -0.05) is 18.2 Å². The van der Waals surface area contributed by atoms with Crippen molar-refractivity contribution in [2.45, 2.75) is 12.7 Å². The largest absolute Gasteiger partial charge is 0.454 e. The quantitative estimate of drug-likeness (QED) is 0.703. The summed E-state index contributed by atoms with van der Waals surface area (Å²) < 4.78 is 55.9.